The van der Waals surface area contributed by atoms with E-state index in [2.05, 4.69) is 15.7 Å². The fourth-order valence-electron chi connectivity index (χ4n) is 5.18. The fourth-order valence-corrected chi connectivity index (χ4v) is 5.18. The second kappa shape index (κ2) is 12.4. The molecule has 0 radical (unpaired) electrons. The minimum absolute atomic E-state index is 0.266. The summed E-state index contributed by atoms with van der Waals surface area (Å²) < 4.78 is 6.93. The topological polar surface area (TPSA) is 105 Å². The lowest BCUT2D eigenvalue weighted by molar-refractivity contribution is 0.0523. The van der Waals surface area contributed by atoms with Gasteiger partial charge in [-0.05, 0) is 93.5 Å². The van der Waals surface area contributed by atoms with Gasteiger partial charge in [0.05, 0.1) is 11.4 Å². The minimum atomic E-state index is -1.16. The minimum Gasteiger partial charge on any atom is -0.444 e. The van der Waals surface area contributed by atoms with E-state index in [4.69, 9.17) is 4.74 Å². The van der Waals surface area contributed by atoms with Crippen LogP contribution in [0, 0.1) is 12.8 Å². The maximum atomic E-state index is 13.6. The molecule has 8 nitrogen and oxygen atoms in total. The third-order valence-electron chi connectivity index (χ3n) is 7.52. The van der Waals surface area contributed by atoms with E-state index in [1.54, 1.807) is 10.7 Å². The van der Waals surface area contributed by atoms with E-state index in [9.17, 15) is 14.7 Å². The second-order valence-electron chi connectivity index (χ2n) is 12.4. The Morgan fingerprint density at radius 2 is 1.67 bits per heavy atom. The summed E-state index contributed by atoms with van der Waals surface area (Å²) in [6, 6.07) is 26.4. The summed E-state index contributed by atoms with van der Waals surface area (Å²) in [4.78, 5) is 25.7. The summed E-state index contributed by atoms with van der Waals surface area (Å²) >= 11 is 0. The van der Waals surface area contributed by atoms with Crippen LogP contribution in [0.5, 0.6) is 0 Å². The zero-order valence-corrected chi connectivity index (χ0v) is 25.3. The molecule has 43 heavy (non-hydrogen) atoms. The highest BCUT2D eigenvalue weighted by atomic mass is 16.6. The zero-order valence-electron chi connectivity index (χ0n) is 25.3. The molecule has 2 amide bonds. The molecule has 0 saturated heterocycles. The van der Waals surface area contributed by atoms with Gasteiger partial charge in [-0.2, -0.15) is 5.10 Å². The first-order chi connectivity index (χ1) is 20.5. The number of aryl methyl sites for hydroxylation is 1. The van der Waals surface area contributed by atoms with E-state index >= 15 is 0 Å². The molecule has 0 spiro atoms. The number of nitrogens with zero attached hydrogens (tertiary/aromatic N) is 2. The third kappa shape index (κ3) is 7.70. The standard InChI is InChI=1S/C35H40N4O4/c1-24-20-31(39(38-24)30-15-8-10-26(21-30)23-36-33(41)43-34(2,3)4)32(40)37-29-14-9-13-28(22-29)35(42,19-18-25-16-17-25)27-11-6-5-7-12-27/h5-15,20-22,25,42H,16-19,23H2,1-4H3,(H,36,41)(H,37,40). The summed E-state index contributed by atoms with van der Waals surface area (Å²) in [7, 11) is 0. The zero-order chi connectivity index (χ0) is 30.6. The highest BCUT2D eigenvalue weighted by molar-refractivity contribution is 6.03. The van der Waals surface area contributed by atoms with E-state index < -0.39 is 17.3 Å². The van der Waals surface area contributed by atoms with Gasteiger partial charge < -0.3 is 20.5 Å². The molecule has 1 saturated carbocycles. The molecule has 1 heterocycles. The van der Waals surface area contributed by atoms with Gasteiger partial charge in [0.1, 0.15) is 16.9 Å². The van der Waals surface area contributed by atoms with Gasteiger partial charge >= 0.3 is 6.09 Å². The third-order valence-corrected chi connectivity index (χ3v) is 7.52. The van der Waals surface area contributed by atoms with E-state index in [-0.39, 0.29) is 12.5 Å². The van der Waals surface area contributed by atoms with Gasteiger partial charge in [-0.25, -0.2) is 9.48 Å². The van der Waals surface area contributed by atoms with Crippen molar-refractivity contribution in [2.45, 2.75) is 71.1 Å². The molecule has 3 N–H and O–H groups in total. The van der Waals surface area contributed by atoms with Crippen molar-refractivity contribution in [3.8, 4) is 5.69 Å². The number of nitrogens with one attached hydrogen (secondary N) is 2. The number of hydrogen-bond acceptors (Lipinski definition) is 5. The molecular weight excluding hydrogens is 540 g/mol. The Balaban J connectivity index is 1.35. The Hall–Kier alpha value is -4.43. The quantitative estimate of drug-likeness (QED) is 0.190. The molecule has 3 aromatic carbocycles. The fraction of sp³-hybridized carbons (Fsp3) is 0.343. The van der Waals surface area contributed by atoms with Crippen LogP contribution in [0.2, 0.25) is 0 Å². The summed E-state index contributed by atoms with van der Waals surface area (Å²) in [5.74, 6) is 0.351. The maximum absolute atomic E-state index is 13.6. The first-order valence-electron chi connectivity index (χ1n) is 14.8. The van der Waals surface area contributed by atoms with Crippen LogP contribution in [-0.2, 0) is 16.9 Å². The van der Waals surface area contributed by atoms with Crippen LogP contribution >= 0.6 is 0 Å². The Morgan fingerprint density at radius 3 is 2.40 bits per heavy atom. The number of hydrogen-bond donors (Lipinski definition) is 3. The number of benzene rings is 3. The average Bonchev–Trinajstić information content (AvgIpc) is 3.73. The highest BCUT2D eigenvalue weighted by Gasteiger charge is 2.34. The second-order valence-corrected chi connectivity index (χ2v) is 12.4. The van der Waals surface area contributed by atoms with Crippen LogP contribution < -0.4 is 10.6 Å². The van der Waals surface area contributed by atoms with E-state index in [0.717, 1.165) is 23.1 Å². The molecular formula is C35H40N4O4. The first-order valence-corrected chi connectivity index (χ1v) is 14.8. The number of ether oxygens (including phenoxy) is 1. The van der Waals surface area contributed by atoms with Crippen molar-refractivity contribution in [1.29, 1.82) is 0 Å². The molecule has 0 bridgehead atoms. The van der Waals surface area contributed by atoms with Crippen LogP contribution in [0.3, 0.4) is 0 Å². The SMILES string of the molecule is Cc1cc(C(=O)Nc2cccc(C(O)(CCC3CC3)c3ccccc3)c2)n(-c2cccc(CNC(=O)OC(C)(C)C)c2)n1. The monoisotopic (exact) mass is 580 g/mol. The van der Waals surface area contributed by atoms with Gasteiger partial charge in [0.15, 0.2) is 0 Å². The first kappa shape index (κ1) is 30.0. The van der Waals surface area contributed by atoms with Crippen molar-refractivity contribution < 1.29 is 19.4 Å². The number of anilines is 1. The van der Waals surface area contributed by atoms with Gasteiger partial charge in [-0.3, -0.25) is 4.79 Å². The van der Waals surface area contributed by atoms with Gasteiger partial charge in [-0.1, -0.05) is 67.4 Å². The average molecular weight is 581 g/mol. The number of rotatable bonds is 10. The predicted octanol–water partition coefficient (Wildman–Crippen LogP) is 6.88. The lowest BCUT2D eigenvalue weighted by Gasteiger charge is -2.30. The number of alkyl carbamates (subject to hydrolysis) is 1. The van der Waals surface area contributed by atoms with Crippen molar-refractivity contribution in [2.75, 3.05) is 5.32 Å². The number of carbonyl (C=O) groups excluding carboxylic acids is 2. The van der Waals surface area contributed by atoms with Crippen LogP contribution in [-0.4, -0.2) is 32.5 Å². The van der Waals surface area contributed by atoms with Crippen LogP contribution in [0.4, 0.5) is 10.5 Å². The van der Waals surface area contributed by atoms with Crippen LogP contribution in [0.1, 0.15) is 79.3 Å². The maximum Gasteiger partial charge on any atom is 0.407 e. The Kier molecular flexibility index (Phi) is 8.69. The molecule has 5 rings (SSSR count). The highest BCUT2D eigenvalue weighted by Crippen LogP contribution is 2.41. The lowest BCUT2D eigenvalue weighted by Crippen LogP contribution is -2.32. The summed E-state index contributed by atoms with van der Waals surface area (Å²) in [5.41, 5.74) is 3.01. The number of aromatic nitrogens is 2. The van der Waals surface area contributed by atoms with Crippen molar-refractivity contribution in [3.63, 3.8) is 0 Å². The molecule has 1 atom stereocenters. The lowest BCUT2D eigenvalue weighted by atomic mass is 9.82. The van der Waals surface area contributed by atoms with Gasteiger partial charge in [0.2, 0.25) is 0 Å². The molecule has 4 aromatic rings. The van der Waals surface area contributed by atoms with Crippen molar-refractivity contribution in [3.05, 3.63) is 113 Å². The van der Waals surface area contributed by atoms with Gasteiger partial charge in [0, 0.05) is 12.2 Å². The number of aliphatic hydroxyl groups is 1. The van der Waals surface area contributed by atoms with Crippen LogP contribution in [0.25, 0.3) is 5.69 Å². The summed E-state index contributed by atoms with van der Waals surface area (Å²) in [6.45, 7) is 7.54. The van der Waals surface area contributed by atoms with Gasteiger partial charge in [-0.15, -0.1) is 0 Å². The van der Waals surface area contributed by atoms with E-state index in [1.165, 1.54) is 12.8 Å². The molecule has 8 heteroatoms. The molecule has 1 aliphatic carbocycles. The summed E-state index contributed by atoms with van der Waals surface area (Å²) in [6.07, 6.45) is 3.51. The smallest absolute Gasteiger partial charge is 0.407 e. The van der Waals surface area contributed by atoms with E-state index in [0.29, 0.717) is 35.1 Å². The molecule has 1 unspecified atom stereocenters. The molecule has 1 aromatic heterocycles. The van der Waals surface area contributed by atoms with Gasteiger partial charge in [0.25, 0.3) is 5.91 Å². The normalized spacial score (nSPS) is 14.5. The predicted molar refractivity (Wildman–Crippen MR) is 167 cm³/mol. The number of amides is 2. The van der Waals surface area contributed by atoms with E-state index in [1.807, 2.05) is 107 Å². The van der Waals surface area contributed by atoms with Crippen LogP contribution in [0.15, 0.2) is 84.9 Å². The number of carbonyl (C=O) groups is 2. The molecule has 1 aliphatic rings. The Bertz CT molecular complexity index is 1590. The Labute approximate surface area is 253 Å². The van der Waals surface area contributed by atoms with Crippen molar-refractivity contribution >= 4 is 17.7 Å². The Morgan fingerprint density at radius 1 is 0.953 bits per heavy atom. The molecule has 0 aliphatic heterocycles. The molecule has 224 valence electrons. The largest absolute Gasteiger partial charge is 0.444 e. The van der Waals surface area contributed by atoms with Crippen molar-refractivity contribution in [1.82, 2.24) is 15.1 Å². The molecule has 1 fully saturated rings. The summed E-state index contributed by atoms with van der Waals surface area (Å²) in [5, 5.41) is 22.4. The van der Waals surface area contributed by atoms with Crippen molar-refractivity contribution in [2.24, 2.45) is 5.92 Å².